The highest BCUT2D eigenvalue weighted by Crippen LogP contribution is 1.98. The van der Waals surface area contributed by atoms with Gasteiger partial charge in [0.1, 0.15) is 12.1 Å². The van der Waals surface area contributed by atoms with Crippen LogP contribution in [0, 0.1) is 0 Å². The first-order valence-corrected chi connectivity index (χ1v) is 7.01. The molecule has 0 heterocycles. The summed E-state index contributed by atoms with van der Waals surface area (Å²) in [7, 11) is 0. The number of carboxylic acid groups (broad SMARTS) is 3. The Kier molecular flexibility index (Phi) is 13.5. The van der Waals surface area contributed by atoms with Gasteiger partial charge in [-0.25, -0.2) is 4.79 Å². The summed E-state index contributed by atoms with van der Waals surface area (Å²) in [6.45, 7) is 1.78. The van der Waals surface area contributed by atoms with Crippen LogP contribution < -0.4 is 16.8 Å². The molecule has 0 aromatic heterocycles. The minimum Gasteiger partial charge on any atom is -0.481 e. The van der Waals surface area contributed by atoms with Crippen molar-refractivity contribution in [3.8, 4) is 0 Å². The fourth-order valence-electron chi connectivity index (χ4n) is 1.40. The second kappa shape index (κ2) is 13.5. The number of carbonyl (C=O) groups is 4. The predicted octanol–water partition coefficient (Wildman–Crippen LogP) is -1.03. The third kappa shape index (κ3) is 16.0. The topological polar surface area (TPSA) is 193 Å². The zero-order valence-electron chi connectivity index (χ0n) is 13.0. The lowest BCUT2D eigenvalue weighted by Gasteiger charge is -2.10. The highest BCUT2D eigenvalue weighted by molar-refractivity contribution is 5.82. The zero-order valence-corrected chi connectivity index (χ0v) is 13.0. The number of amides is 1. The van der Waals surface area contributed by atoms with Gasteiger partial charge < -0.3 is 32.1 Å². The highest BCUT2D eigenvalue weighted by atomic mass is 16.4. The molecule has 0 aliphatic heterocycles. The van der Waals surface area contributed by atoms with E-state index in [1.54, 1.807) is 0 Å². The van der Waals surface area contributed by atoms with Gasteiger partial charge in [-0.15, -0.1) is 0 Å². The van der Waals surface area contributed by atoms with E-state index in [0.29, 0.717) is 13.0 Å². The van der Waals surface area contributed by atoms with Crippen molar-refractivity contribution in [1.82, 2.24) is 5.32 Å². The van der Waals surface area contributed by atoms with E-state index >= 15 is 0 Å². The van der Waals surface area contributed by atoms with Gasteiger partial charge in [0.05, 0.1) is 0 Å². The first kappa shape index (κ1) is 23.1. The van der Waals surface area contributed by atoms with E-state index in [1.807, 2.05) is 0 Å². The molecule has 10 heteroatoms. The van der Waals surface area contributed by atoms with Crippen LogP contribution in [0.25, 0.3) is 0 Å². The number of hydrogen-bond acceptors (Lipinski definition) is 6. The fraction of sp³-hybridized carbons (Fsp3) is 0.692. The van der Waals surface area contributed by atoms with Gasteiger partial charge in [0.2, 0.25) is 5.91 Å². The molecule has 1 amide bonds. The molecule has 0 spiro atoms. The van der Waals surface area contributed by atoms with E-state index in [1.165, 1.54) is 6.92 Å². The van der Waals surface area contributed by atoms with Gasteiger partial charge in [-0.1, -0.05) is 6.42 Å². The van der Waals surface area contributed by atoms with Gasteiger partial charge in [0, 0.05) is 13.3 Å². The van der Waals surface area contributed by atoms with Gasteiger partial charge in [-0.05, 0) is 25.8 Å². The van der Waals surface area contributed by atoms with Crippen molar-refractivity contribution in [2.45, 2.75) is 51.1 Å². The Morgan fingerprint density at radius 1 is 1.00 bits per heavy atom. The molecule has 0 saturated heterocycles. The Labute approximate surface area is 133 Å². The Morgan fingerprint density at radius 2 is 1.57 bits per heavy atom. The van der Waals surface area contributed by atoms with Crippen LogP contribution in [0.3, 0.4) is 0 Å². The van der Waals surface area contributed by atoms with Crippen LogP contribution in [0.15, 0.2) is 0 Å². The monoisotopic (exact) mass is 335 g/mol. The Hall–Kier alpha value is -2.20. The molecule has 10 nitrogen and oxygen atoms in total. The molecule has 8 N–H and O–H groups in total. The van der Waals surface area contributed by atoms with Crippen LogP contribution in [0.2, 0.25) is 0 Å². The first-order chi connectivity index (χ1) is 10.6. The summed E-state index contributed by atoms with van der Waals surface area (Å²) in [5, 5.41) is 27.3. The molecule has 0 rings (SSSR count). The fourth-order valence-corrected chi connectivity index (χ4v) is 1.40. The van der Waals surface area contributed by atoms with Crippen molar-refractivity contribution in [3.05, 3.63) is 0 Å². The Balaban J connectivity index is 0. The molecule has 0 aliphatic carbocycles. The summed E-state index contributed by atoms with van der Waals surface area (Å²) in [5.41, 5.74) is 10.4. The van der Waals surface area contributed by atoms with E-state index in [2.05, 4.69) is 5.32 Å². The van der Waals surface area contributed by atoms with Crippen LogP contribution in [-0.2, 0) is 19.2 Å². The average Bonchev–Trinajstić information content (AvgIpc) is 2.43. The maximum Gasteiger partial charge on any atom is 0.326 e. The molecular formula is C13H25N3O7. The van der Waals surface area contributed by atoms with Gasteiger partial charge >= 0.3 is 17.9 Å². The number of nitrogens with two attached hydrogens (primary N) is 2. The lowest BCUT2D eigenvalue weighted by Crippen LogP contribution is -2.39. The summed E-state index contributed by atoms with van der Waals surface area (Å²) in [6.07, 6.45) is 1.78. The Morgan fingerprint density at radius 3 is 1.91 bits per heavy atom. The molecule has 23 heavy (non-hydrogen) atoms. The number of carbonyl (C=O) groups excluding carboxylic acids is 1. The van der Waals surface area contributed by atoms with Crippen LogP contribution in [0.1, 0.15) is 39.0 Å². The van der Waals surface area contributed by atoms with Crippen molar-refractivity contribution in [2.24, 2.45) is 11.5 Å². The second-order valence-corrected chi connectivity index (χ2v) is 4.75. The molecule has 0 radical (unpaired) electrons. The summed E-state index contributed by atoms with van der Waals surface area (Å²) in [6, 6.07) is -1.83. The van der Waals surface area contributed by atoms with E-state index < -0.39 is 35.9 Å². The number of unbranched alkanes of at least 4 members (excludes halogenated alkanes) is 1. The average molecular weight is 335 g/mol. The maximum absolute atomic E-state index is 10.5. The molecular weight excluding hydrogens is 310 g/mol. The second-order valence-electron chi connectivity index (χ2n) is 4.75. The predicted molar refractivity (Wildman–Crippen MR) is 80.6 cm³/mol. The number of hydrogen-bond donors (Lipinski definition) is 6. The van der Waals surface area contributed by atoms with Crippen LogP contribution in [0.4, 0.5) is 0 Å². The molecule has 0 fully saturated rings. The van der Waals surface area contributed by atoms with Crippen molar-refractivity contribution < 1.29 is 34.5 Å². The summed E-state index contributed by atoms with van der Waals surface area (Å²) < 4.78 is 0. The van der Waals surface area contributed by atoms with Gasteiger partial charge in [-0.2, -0.15) is 0 Å². The van der Waals surface area contributed by atoms with Crippen LogP contribution in [0.5, 0.6) is 0 Å². The molecule has 0 bridgehead atoms. The lowest BCUT2D eigenvalue weighted by molar-refractivity contribution is -0.143. The third-order valence-electron chi connectivity index (χ3n) is 2.61. The number of nitrogens with one attached hydrogen (secondary N) is 1. The Bertz CT molecular complexity index is 401. The molecule has 0 unspecified atom stereocenters. The van der Waals surface area contributed by atoms with Crippen molar-refractivity contribution in [1.29, 1.82) is 0 Å². The number of carboxylic acids is 3. The van der Waals surface area contributed by atoms with E-state index in [0.717, 1.165) is 12.8 Å². The largest absolute Gasteiger partial charge is 0.481 e. The molecule has 134 valence electrons. The van der Waals surface area contributed by atoms with E-state index in [4.69, 9.17) is 26.8 Å². The van der Waals surface area contributed by atoms with Crippen molar-refractivity contribution in [3.63, 3.8) is 0 Å². The molecule has 2 atom stereocenters. The summed E-state index contributed by atoms with van der Waals surface area (Å²) in [5.74, 6) is -3.73. The number of rotatable bonds is 10. The standard InChI is InChI=1S/C7H11NO5.C6H14N2O2/c1-4(9)8-5(7(12)13)2-3-6(10)11;7-4-2-1-3-5(8)6(9)10/h5H,2-3H2,1H3,(H,8,9)(H,10,11)(H,12,13);5H,1-4,7-8H2,(H,9,10)/t2*5-/m00/s1. The maximum atomic E-state index is 10.5. The normalized spacial score (nSPS) is 12.3. The molecule has 0 aromatic rings. The van der Waals surface area contributed by atoms with Gasteiger partial charge in [0.25, 0.3) is 0 Å². The van der Waals surface area contributed by atoms with E-state index in [-0.39, 0.29) is 12.8 Å². The van der Waals surface area contributed by atoms with Crippen molar-refractivity contribution in [2.75, 3.05) is 6.54 Å². The van der Waals surface area contributed by atoms with Crippen LogP contribution in [-0.4, -0.2) is 57.8 Å². The minimum absolute atomic E-state index is 0.107. The van der Waals surface area contributed by atoms with Crippen molar-refractivity contribution >= 4 is 23.8 Å². The third-order valence-corrected chi connectivity index (χ3v) is 2.61. The molecule has 0 saturated carbocycles. The molecule has 0 aromatic carbocycles. The quantitative estimate of drug-likeness (QED) is 0.270. The number of aliphatic carboxylic acids is 3. The van der Waals surface area contributed by atoms with Gasteiger partial charge in [0.15, 0.2) is 0 Å². The lowest BCUT2D eigenvalue weighted by atomic mass is 10.1. The summed E-state index contributed by atoms with van der Waals surface area (Å²) >= 11 is 0. The first-order valence-electron chi connectivity index (χ1n) is 7.01. The zero-order chi connectivity index (χ0) is 18.4. The van der Waals surface area contributed by atoms with Gasteiger partial charge in [-0.3, -0.25) is 14.4 Å². The SMILES string of the molecule is CC(=O)N[C@@H](CCC(=O)O)C(=O)O.NCCCC[C@H](N)C(=O)O. The minimum atomic E-state index is -1.23. The smallest absolute Gasteiger partial charge is 0.326 e. The van der Waals surface area contributed by atoms with E-state index in [9.17, 15) is 19.2 Å². The molecule has 0 aliphatic rings. The summed E-state index contributed by atoms with van der Waals surface area (Å²) in [4.78, 5) is 41.2. The van der Waals surface area contributed by atoms with Crippen LogP contribution >= 0.6 is 0 Å². The highest BCUT2D eigenvalue weighted by Gasteiger charge is 2.18.